The van der Waals surface area contributed by atoms with Gasteiger partial charge in [0.1, 0.15) is 18.2 Å². The molecular formula is C31H33N5O2. The molecular weight excluding hydrogens is 474 g/mol. The van der Waals surface area contributed by atoms with Crippen molar-refractivity contribution in [3.8, 4) is 11.3 Å². The summed E-state index contributed by atoms with van der Waals surface area (Å²) in [6, 6.07) is 22.2. The van der Waals surface area contributed by atoms with Gasteiger partial charge in [0, 0.05) is 23.8 Å². The maximum absolute atomic E-state index is 13.1. The third-order valence-electron chi connectivity index (χ3n) is 7.01. The number of aromatic nitrogens is 4. The van der Waals surface area contributed by atoms with Crippen molar-refractivity contribution in [2.45, 2.75) is 58.0 Å². The van der Waals surface area contributed by atoms with Crippen LogP contribution in [0.2, 0.25) is 0 Å². The van der Waals surface area contributed by atoms with Crippen LogP contribution >= 0.6 is 0 Å². The van der Waals surface area contributed by atoms with Crippen LogP contribution in [0.5, 0.6) is 0 Å². The third kappa shape index (κ3) is 5.99. The summed E-state index contributed by atoms with van der Waals surface area (Å²) in [5.41, 5.74) is 2.89. The highest BCUT2D eigenvalue weighted by Crippen LogP contribution is 2.26. The van der Waals surface area contributed by atoms with Gasteiger partial charge in [-0.25, -0.2) is 4.98 Å². The van der Waals surface area contributed by atoms with Crippen LogP contribution in [0.25, 0.3) is 32.9 Å². The molecule has 0 bridgehead atoms. The average Bonchev–Trinajstić information content (AvgIpc) is 3.60. The van der Waals surface area contributed by atoms with E-state index < -0.39 is 0 Å². The minimum atomic E-state index is -0.264. The lowest BCUT2D eigenvalue weighted by atomic mass is 10.0. The van der Waals surface area contributed by atoms with Gasteiger partial charge in [-0.05, 0) is 35.7 Å². The first-order valence-corrected chi connectivity index (χ1v) is 13.4. The number of aromatic amines is 1. The molecule has 0 unspecified atom stereocenters. The van der Waals surface area contributed by atoms with Crippen molar-refractivity contribution in [3.63, 3.8) is 0 Å². The fraction of sp³-hybridized carbons (Fsp3) is 0.290. The number of Topliss-reactive ketones (excluding diaryl/α,β-unsaturated/α-hetero) is 1. The van der Waals surface area contributed by atoms with Crippen molar-refractivity contribution >= 4 is 33.4 Å². The smallest absolute Gasteiger partial charge is 0.242 e. The molecule has 2 aromatic heterocycles. The standard InChI is InChI=1S/C31H33N5O2/c1-2-26(37)13-4-3-5-14-27(34-30(38)21-36-29-15-9-8-12-25(29)19-33-36)31-32-20-28(35-31)24-17-16-22-10-6-7-11-23(22)18-24/h6-12,15-20,27H,2-5,13-14,21H2,1H3,(H,32,35)(H,34,38)/t27-/m0/s1. The quantitative estimate of drug-likeness (QED) is 0.192. The highest BCUT2D eigenvalue weighted by Gasteiger charge is 2.19. The third-order valence-corrected chi connectivity index (χ3v) is 7.01. The van der Waals surface area contributed by atoms with E-state index in [9.17, 15) is 9.59 Å². The lowest BCUT2D eigenvalue weighted by Gasteiger charge is -2.17. The predicted molar refractivity (Wildman–Crippen MR) is 151 cm³/mol. The van der Waals surface area contributed by atoms with Crippen LogP contribution in [-0.2, 0) is 16.1 Å². The number of amides is 1. The Hall–Kier alpha value is -4.26. The molecule has 0 radical (unpaired) electrons. The number of carbonyl (C=O) groups excluding carboxylic acids is 2. The van der Waals surface area contributed by atoms with E-state index in [0.29, 0.717) is 18.6 Å². The zero-order valence-electron chi connectivity index (χ0n) is 21.7. The molecule has 2 heterocycles. The zero-order chi connectivity index (χ0) is 26.3. The molecule has 0 fully saturated rings. The Bertz CT molecular complexity index is 1550. The van der Waals surface area contributed by atoms with Crippen LogP contribution in [0.1, 0.15) is 57.3 Å². The van der Waals surface area contributed by atoms with Crippen molar-refractivity contribution < 1.29 is 9.59 Å². The maximum atomic E-state index is 13.1. The molecule has 0 aliphatic carbocycles. The number of nitrogens with one attached hydrogen (secondary N) is 2. The molecule has 0 aliphatic rings. The summed E-state index contributed by atoms with van der Waals surface area (Å²) in [5.74, 6) is 0.914. The van der Waals surface area contributed by atoms with Gasteiger partial charge in [0.05, 0.1) is 29.6 Å². The van der Waals surface area contributed by atoms with Crippen molar-refractivity contribution in [1.82, 2.24) is 25.1 Å². The summed E-state index contributed by atoms with van der Waals surface area (Å²) in [5, 5.41) is 10.9. The monoisotopic (exact) mass is 507 g/mol. The summed E-state index contributed by atoms with van der Waals surface area (Å²) < 4.78 is 1.72. The van der Waals surface area contributed by atoms with Crippen LogP contribution in [0, 0.1) is 0 Å². The van der Waals surface area contributed by atoms with Gasteiger partial charge < -0.3 is 10.3 Å². The van der Waals surface area contributed by atoms with E-state index in [1.165, 1.54) is 10.8 Å². The first-order chi connectivity index (χ1) is 18.6. The van der Waals surface area contributed by atoms with Gasteiger partial charge in [0.15, 0.2) is 0 Å². The number of carbonyl (C=O) groups is 2. The number of para-hydroxylation sites is 1. The molecule has 194 valence electrons. The van der Waals surface area contributed by atoms with Crippen LogP contribution in [0.15, 0.2) is 79.1 Å². The van der Waals surface area contributed by atoms with Gasteiger partial charge in [-0.3, -0.25) is 14.3 Å². The summed E-state index contributed by atoms with van der Waals surface area (Å²) in [7, 11) is 0. The molecule has 1 atom stereocenters. The van der Waals surface area contributed by atoms with Gasteiger partial charge in [-0.15, -0.1) is 0 Å². The minimum Gasteiger partial charge on any atom is -0.345 e. The van der Waals surface area contributed by atoms with Gasteiger partial charge in [0.2, 0.25) is 5.91 Å². The molecule has 0 spiro atoms. The highest BCUT2D eigenvalue weighted by molar-refractivity contribution is 5.87. The van der Waals surface area contributed by atoms with Gasteiger partial charge in [-0.2, -0.15) is 5.10 Å². The number of unbranched alkanes of at least 4 members (excludes halogenated alkanes) is 2. The Morgan fingerprint density at radius 2 is 1.71 bits per heavy atom. The number of ketones is 1. The maximum Gasteiger partial charge on any atom is 0.242 e. The second-order valence-electron chi connectivity index (χ2n) is 9.72. The molecule has 7 nitrogen and oxygen atoms in total. The molecule has 5 aromatic rings. The van der Waals surface area contributed by atoms with E-state index >= 15 is 0 Å². The molecule has 7 heteroatoms. The number of imidazole rings is 1. The average molecular weight is 508 g/mol. The van der Waals surface area contributed by atoms with E-state index in [4.69, 9.17) is 0 Å². The van der Waals surface area contributed by atoms with Crippen molar-refractivity contribution in [1.29, 1.82) is 0 Å². The normalized spacial score (nSPS) is 12.1. The van der Waals surface area contributed by atoms with Crippen LogP contribution in [-0.4, -0.2) is 31.4 Å². The van der Waals surface area contributed by atoms with Gasteiger partial charge in [0.25, 0.3) is 0 Å². The summed E-state index contributed by atoms with van der Waals surface area (Å²) in [6.07, 6.45) is 8.24. The van der Waals surface area contributed by atoms with E-state index in [0.717, 1.165) is 53.7 Å². The Kier molecular flexibility index (Phi) is 7.92. The van der Waals surface area contributed by atoms with Crippen LogP contribution < -0.4 is 5.32 Å². The summed E-state index contributed by atoms with van der Waals surface area (Å²) >= 11 is 0. The Morgan fingerprint density at radius 1 is 0.921 bits per heavy atom. The van der Waals surface area contributed by atoms with Crippen molar-refractivity contribution in [2.75, 3.05) is 0 Å². The van der Waals surface area contributed by atoms with Crippen molar-refractivity contribution in [2.24, 2.45) is 0 Å². The van der Waals surface area contributed by atoms with Gasteiger partial charge in [-0.1, -0.05) is 74.4 Å². The van der Waals surface area contributed by atoms with Crippen LogP contribution in [0.3, 0.4) is 0 Å². The molecule has 5 rings (SSSR count). The van der Waals surface area contributed by atoms with Gasteiger partial charge >= 0.3 is 0 Å². The number of rotatable bonds is 12. The van der Waals surface area contributed by atoms with E-state index in [1.807, 2.05) is 49.5 Å². The molecule has 2 N–H and O–H groups in total. The Balaban J connectivity index is 1.31. The molecule has 38 heavy (non-hydrogen) atoms. The number of fused-ring (bicyclic) bond motifs is 2. The number of nitrogens with zero attached hydrogens (tertiary/aromatic N) is 3. The number of benzene rings is 3. The number of H-pyrrole nitrogens is 1. The first kappa shape index (κ1) is 25.4. The Morgan fingerprint density at radius 3 is 2.55 bits per heavy atom. The second-order valence-corrected chi connectivity index (χ2v) is 9.72. The fourth-order valence-corrected chi connectivity index (χ4v) is 4.85. The molecule has 0 aliphatic heterocycles. The minimum absolute atomic E-state index is 0.117. The largest absolute Gasteiger partial charge is 0.345 e. The first-order valence-electron chi connectivity index (χ1n) is 13.4. The predicted octanol–water partition coefficient (Wildman–Crippen LogP) is 6.37. The number of hydrogen-bond acceptors (Lipinski definition) is 4. The molecule has 1 amide bonds. The topological polar surface area (TPSA) is 92.7 Å². The summed E-state index contributed by atoms with van der Waals surface area (Å²) in [4.78, 5) is 32.9. The zero-order valence-corrected chi connectivity index (χ0v) is 21.7. The van der Waals surface area contributed by atoms with Crippen LogP contribution in [0.4, 0.5) is 0 Å². The van der Waals surface area contributed by atoms with E-state index in [1.54, 1.807) is 10.9 Å². The fourth-order valence-electron chi connectivity index (χ4n) is 4.85. The lowest BCUT2D eigenvalue weighted by Crippen LogP contribution is -2.32. The van der Waals surface area contributed by atoms with Crippen molar-refractivity contribution in [3.05, 3.63) is 84.9 Å². The number of hydrogen-bond donors (Lipinski definition) is 2. The molecule has 0 saturated carbocycles. The highest BCUT2D eigenvalue weighted by atomic mass is 16.2. The second kappa shape index (κ2) is 11.9. The van der Waals surface area contributed by atoms with E-state index in [-0.39, 0.29) is 18.5 Å². The summed E-state index contributed by atoms with van der Waals surface area (Å²) in [6.45, 7) is 2.04. The lowest BCUT2D eigenvalue weighted by molar-refractivity contribution is -0.122. The molecule has 3 aromatic carbocycles. The Labute approximate surface area is 222 Å². The molecule has 0 saturated heterocycles. The van der Waals surface area contributed by atoms with E-state index in [2.05, 4.69) is 50.7 Å². The SMILES string of the molecule is CCC(=O)CCCCC[C@H](NC(=O)Cn1ncc2ccccc21)c1ncc(-c2ccc3ccccc3c2)[nH]1.